The van der Waals surface area contributed by atoms with Crippen LogP contribution in [0, 0.1) is 0 Å². The highest BCUT2D eigenvalue weighted by atomic mass is 16.5. The molecule has 1 amide bonds. The lowest BCUT2D eigenvalue weighted by Gasteiger charge is -2.13. The lowest BCUT2D eigenvalue weighted by Crippen LogP contribution is -2.16. The van der Waals surface area contributed by atoms with Gasteiger partial charge < -0.3 is 15.4 Å². The molecule has 0 fully saturated rings. The van der Waals surface area contributed by atoms with Crippen molar-refractivity contribution in [3.8, 4) is 5.75 Å². The molecule has 6 nitrogen and oxygen atoms in total. The normalized spacial score (nSPS) is 10.6. The molecule has 0 saturated heterocycles. The predicted molar refractivity (Wildman–Crippen MR) is 111 cm³/mol. The smallest absolute Gasteiger partial charge is 0.276 e. The van der Waals surface area contributed by atoms with Crippen LogP contribution in [-0.2, 0) is 6.54 Å². The molecule has 144 valence electrons. The molecular weight excluding hydrogens is 352 g/mol. The van der Waals surface area contributed by atoms with Crippen molar-refractivity contribution in [1.82, 2.24) is 10.2 Å². The Hall–Kier alpha value is -3.41. The minimum Gasteiger partial charge on any atom is -0.496 e. The van der Waals surface area contributed by atoms with E-state index in [9.17, 15) is 4.79 Å². The third kappa shape index (κ3) is 4.65. The summed E-state index contributed by atoms with van der Waals surface area (Å²) in [4.78, 5) is 12.5. The van der Waals surface area contributed by atoms with Crippen molar-refractivity contribution in [2.45, 2.75) is 26.3 Å². The first-order valence-corrected chi connectivity index (χ1v) is 9.18. The molecule has 0 aliphatic rings. The van der Waals surface area contributed by atoms with Crippen LogP contribution in [0.15, 0.2) is 60.7 Å². The van der Waals surface area contributed by atoms with Crippen LogP contribution in [0.3, 0.4) is 0 Å². The SMILES string of the molecule is COc1ccccc1CNc1ccc(C(=O)Nc2ccccc2C(C)C)nn1. The Labute approximate surface area is 165 Å². The van der Waals surface area contributed by atoms with Crippen molar-refractivity contribution >= 4 is 17.4 Å². The van der Waals surface area contributed by atoms with Gasteiger partial charge in [0.15, 0.2) is 5.69 Å². The Morgan fingerprint density at radius 1 is 1.00 bits per heavy atom. The van der Waals surface area contributed by atoms with Gasteiger partial charge in [-0.2, -0.15) is 0 Å². The summed E-state index contributed by atoms with van der Waals surface area (Å²) in [5.41, 5.74) is 3.15. The quantitative estimate of drug-likeness (QED) is 0.636. The second-order valence-corrected chi connectivity index (χ2v) is 6.67. The summed E-state index contributed by atoms with van der Waals surface area (Å²) < 4.78 is 5.34. The zero-order chi connectivity index (χ0) is 19.9. The van der Waals surface area contributed by atoms with Gasteiger partial charge in [0.05, 0.1) is 7.11 Å². The van der Waals surface area contributed by atoms with Crippen LogP contribution in [-0.4, -0.2) is 23.2 Å². The largest absolute Gasteiger partial charge is 0.496 e. The van der Waals surface area contributed by atoms with E-state index in [1.54, 1.807) is 19.2 Å². The number of para-hydroxylation sites is 2. The third-order valence-electron chi connectivity index (χ3n) is 4.38. The maximum Gasteiger partial charge on any atom is 0.276 e. The molecule has 3 aromatic rings. The predicted octanol–water partition coefficient (Wildman–Crippen LogP) is 4.47. The Morgan fingerprint density at radius 2 is 1.75 bits per heavy atom. The number of carbonyl (C=O) groups excluding carboxylic acids is 1. The molecule has 0 radical (unpaired) electrons. The van der Waals surface area contributed by atoms with Crippen molar-refractivity contribution < 1.29 is 9.53 Å². The zero-order valence-electron chi connectivity index (χ0n) is 16.3. The van der Waals surface area contributed by atoms with Crippen molar-refractivity contribution in [3.63, 3.8) is 0 Å². The second kappa shape index (κ2) is 8.99. The minimum atomic E-state index is -0.281. The van der Waals surface area contributed by atoms with Gasteiger partial charge in [0.2, 0.25) is 0 Å². The molecule has 0 aliphatic carbocycles. The van der Waals surface area contributed by atoms with Crippen molar-refractivity contribution in [2.24, 2.45) is 0 Å². The summed E-state index contributed by atoms with van der Waals surface area (Å²) in [5, 5.41) is 14.3. The number of carbonyl (C=O) groups is 1. The van der Waals surface area contributed by atoms with Crippen LogP contribution in [0.5, 0.6) is 5.75 Å². The number of nitrogens with one attached hydrogen (secondary N) is 2. The third-order valence-corrected chi connectivity index (χ3v) is 4.38. The highest BCUT2D eigenvalue weighted by Crippen LogP contribution is 2.24. The number of nitrogens with zero attached hydrogens (tertiary/aromatic N) is 2. The van der Waals surface area contributed by atoms with Crippen LogP contribution < -0.4 is 15.4 Å². The maximum absolute atomic E-state index is 12.5. The minimum absolute atomic E-state index is 0.265. The molecule has 1 aromatic heterocycles. The number of rotatable bonds is 7. The van der Waals surface area contributed by atoms with E-state index in [4.69, 9.17) is 4.74 Å². The highest BCUT2D eigenvalue weighted by molar-refractivity contribution is 6.03. The molecule has 0 spiro atoms. The van der Waals surface area contributed by atoms with Gasteiger partial charge >= 0.3 is 0 Å². The first kappa shape index (κ1) is 19.4. The fourth-order valence-corrected chi connectivity index (χ4v) is 2.88. The average Bonchev–Trinajstić information content (AvgIpc) is 2.73. The summed E-state index contributed by atoms with van der Waals surface area (Å²) in [7, 11) is 1.64. The van der Waals surface area contributed by atoms with Crippen LogP contribution >= 0.6 is 0 Å². The van der Waals surface area contributed by atoms with Gasteiger partial charge in [-0.05, 0) is 35.7 Å². The van der Waals surface area contributed by atoms with Gasteiger partial charge in [0.25, 0.3) is 5.91 Å². The van der Waals surface area contributed by atoms with Gasteiger partial charge in [-0.15, -0.1) is 10.2 Å². The lowest BCUT2D eigenvalue weighted by atomic mass is 10.0. The molecule has 0 saturated carbocycles. The number of benzene rings is 2. The van der Waals surface area contributed by atoms with E-state index in [0.717, 1.165) is 22.6 Å². The Bertz CT molecular complexity index is 939. The first-order chi connectivity index (χ1) is 13.6. The van der Waals surface area contributed by atoms with E-state index >= 15 is 0 Å². The van der Waals surface area contributed by atoms with Gasteiger partial charge in [-0.1, -0.05) is 50.2 Å². The summed E-state index contributed by atoms with van der Waals surface area (Å²) in [6.45, 7) is 4.73. The van der Waals surface area contributed by atoms with E-state index in [1.807, 2.05) is 48.5 Å². The lowest BCUT2D eigenvalue weighted by molar-refractivity contribution is 0.102. The van der Waals surface area contributed by atoms with E-state index in [-0.39, 0.29) is 11.6 Å². The molecule has 0 atom stereocenters. The molecule has 0 unspecified atom stereocenters. The molecule has 0 aliphatic heterocycles. The number of ether oxygens (including phenoxy) is 1. The molecule has 2 aromatic carbocycles. The van der Waals surface area contributed by atoms with Gasteiger partial charge in [-0.25, -0.2) is 0 Å². The summed E-state index contributed by atoms with van der Waals surface area (Å²) >= 11 is 0. The topological polar surface area (TPSA) is 76.1 Å². The Morgan fingerprint density at radius 3 is 2.46 bits per heavy atom. The standard InChI is InChI=1S/C22H24N4O2/c1-15(2)17-9-5-6-10-18(17)24-22(27)19-12-13-21(26-25-19)23-14-16-8-4-7-11-20(16)28-3/h4-13,15H,14H2,1-3H3,(H,23,26)(H,24,27). The zero-order valence-corrected chi connectivity index (χ0v) is 16.3. The van der Waals surface area contributed by atoms with Crippen LogP contribution in [0.25, 0.3) is 0 Å². The highest BCUT2D eigenvalue weighted by Gasteiger charge is 2.12. The van der Waals surface area contributed by atoms with E-state index in [0.29, 0.717) is 18.3 Å². The summed E-state index contributed by atoms with van der Waals surface area (Å²) in [6, 6.07) is 18.9. The number of hydrogen-bond acceptors (Lipinski definition) is 5. The summed E-state index contributed by atoms with van der Waals surface area (Å²) in [5.74, 6) is 1.42. The fourth-order valence-electron chi connectivity index (χ4n) is 2.88. The molecular formula is C22H24N4O2. The number of methoxy groups -OCH3 is 1. The Balaban J connectivity index is 1.65. The van der Waals surface area contributed by atoms with E-state index in [1.165, 1.54) is 0 Å². The van der Waals surface area contributed by atoms with Gasteiger partial charge in [0.1, 0.15) is 11.6 Å². The van der Waals surface area contributed by atoms with E-state index < -0.39 is 0 Å². The van der Waals surface area contributed by atoms with Crippen LogP contribution in [0.4, 0.5) is 11.5 Å². The molecule has 0 bridgehead atoms. The van der Waals surface area contributed by atoms with Crippen molar-refractivity contribution in [2.75, 3.05) is 17.7 Å². The molecule has 28 heavy (non-hydrogen) atoms. The molecule has 6 heteroatoms. The second-order valence-electron chi connectivity index (χ2n) is 6.67. The summed E-state index contributed by atoms with van der Waals surface area (Å²) in [6.07, 6.45) is 0. The number of amides is 1. The van der Waals surface area contributed by atoms with Gasteiger partial charge in [0, 0.05) is 17.8 Å². The number of anilines is 2. The van der Waals surface area contributed by atoms with E-state index in [2.05, 4.69) is 34.7 Å². The molecule has 1 heterocycles. The van der Waals surface area contributed by atoms with Crippen LogP contribution in [0.1, 0.15) is 41.4 Å². The molecule has 2 N–H and O–H groups in total. The first-order valence-electron chi connectivity index (χ1n) is 9.18. The molecule has 3 rings (SSSR count). The number of hydrogen-bond donors (Lipinski definition) is 2. The number of aromatic nitrogens is 2. The van der Waals surface area contributed by atoms with Crippen LogP contribution in [0.2, 0.25) is 0 Å². The Kier molecular flexibility index (Phi) is 6.22. The monoisotopic (exact) mass is 376 g/mol. The van der Waals surface area contributed by atoms with Gasteiger partial charge in [-0.3, -0.25) is 4.79 Å². The fraction of sp³-hybridized carbons (Fsp3) is 0.227. The average molecular weight is 376 g/mol. The van der Waals surface area contributed by atoms with Crippen molar-refractivity contribution in [3.05, 3.63) is 77.5 Å². The maximum atomic E-state index is 12.5. The van der Waals surface area contributed by atoms with Crippen molar-refractivity contribution in [1.29, 1.82) is 0 Å².